The SMILES string of the molecule is CN(C)CCOCCNc1cc(Br)ccc1[N+](=O)[O-]. The molecule has 0 bridgehead atoms. The van der Waals surface area contributed by atoms with E-state index < -0.39 is 4.92 Å². The molecule has 1 rings (SSSR count). The van der Waals surface area contributed by atoms with Crippen molar-refractivity contribution in [2.45, 2.75) is 0 Å². The predicted octanol–water partition coefficient (Wildman–Crippen LogP) is 2.35. The third-order valence-corrected chi connectivity index (χ3v) is 2.89. The highest BCUT2D eigenvalue weighted by Crippen LogP contribution is 2.27. The molecule has 0 fully saturated rings. The smallest absolute Gasteiger partial charge is 0.292 e. The summed E-state index contributed by atoms with van der Waals surface area (Å²) in [4.78, 5) is 12.5. The van der Waals surface area contributed by atoms with E-state index in [1.807, 2.05) is 19.0 Å². The van der Waals surface area contributed by atoms with Gasteiger partial charge in [0.05, 0.1) is 18.1 Å². The summed E-state index contributed by atoms with van der Waals surface area (Å²) in [5.74, 6) is 0. The Labute approximate surface area is 121 Å². The minimum absolute atomic E-state index is 0.0662. The molecule has 0 saturated carbocycles. The molecule has 0 aliphatic heterocycles. The molecule has 0 heterocycles. The van der Waals surface area contributed by atoms with Crippen LogP contribution in [0.3, 0.4) is 0 Å². The van der Waals surface area contributed by atoms with E-state index >= 15 is 0 Å². The summed E-state index contributed by atoms with van der Waals surface area (Å²) >= 11 is 3.30. The highest BCUT2D eigenvalue weighted by Gasteiger charge is 2.12. The fourth-order valence-electron chi connectivity index (χ4n) is 1.42. The van der Waals surface area contributed by atoms with Crippen LogP contribution >= 0.6 is 15.9 Å². The average Bonchev–Trinajstić information content (AvgIpc) is 2.33. The summed E-state index contributed by atoms with van der Waals surface area (Å²) in [6, 6.07) is 4.81. The van der Waals surface area contributed by atoms with Gasteiger partial charge in [-0.1, -0.05) is 15.9 Å². The molecule has 0 aliphatic carbocycles. The van der Waals surface area contributed by atoms with E-state index in [1.54, 1.807) is 12.1 Å². The Balaban J connectivity index is 2.40. The van der Waals surface area contributed by atoms with E-state index in [0.717, 1.165) is 11.0 Å². The standard InChI is InChI=1S/C12H18BrN3O3/c1-15(2)6-8-19-7-5-14-11-9-10(13)3-4-12(11)16(17)18/h3-4,9,14H,5-8H2,1-2H3. The summed E-state index contributed by atoms with van der Waals surface area (Å²) < 4.78 is 6.21. The molecule has 19 heavy (non-hydrogen) atoms. The van der Waals surface area contributed by atoms with Crippen LogP contribution in [0.2, 0.25) is 0 Å². The maximum Gasteiger partial charge on any atom is 0.292 e. The fourth-order valence-corrected chi connectivity index (χ4v) is 1.78. The topological polar surface area (TPSA) is 67.6 Å². The molecule has 1 aromatic rings. The van der Waals surface area contributed by atoms with Crippen molar-refractivity contribution in [2.75, 3.05) is 45.7 Å². The molecule has 0 aliphatic rings. The zero-order valence-electron chi connectivity index (χ0n) is 11.1. The summed E-state index contributed by atoms with van der Waals surface area (Å²) in [6.07, 6.45) is 0. The first kappa shape index (κ1) is 15.9. The third-order valence-electron chi connectivity index (χ3n) is 2.40. The maximum atomic E-state index is 10.9. The van der Waals surface area contributed by atoms with E-state index in [0.29, 0.717) is 25.4 Å². The molecule has 0 aromatic heterocycles. The predicted molar refractivity (Wildman–Crippen MR) is 78.7 cm³/mol. The van der Waals surface area contributed by atoms with Crippen LogP contribution in [-0.4, -0.2) is 50.2 Å². The maximum absolute atomic E-state index is 10.9. The van der Waals surface area contributed by atoms with Crippen molar-refractivity contribution < 1.29 is 9.66 Å². The number of anilines is 1. The Morgan fingerprint density at radius 1 is 1.42 bits per heavy atom. The highest BCUT2D eigenvalue weighted by molar-refractivity contribution is 9.10. The number of ether oxygens (including phenoxy) is 1. The molecule has 6 nitrogen and oxygen atoms in total. The number of nitrogens with zero attached hydrogens (tertiary/aromatic N) is 2. The Bertz CT molecular complexity index is 427. The first-order valence-corrected chi connectivity index (χ1v) is 6.70. The van der Waals surface area contributed by atoms with Crippen molar-refractivity contribution in [3.8, 4) is 0 Å². The van der Waals surface area contributed by atoms with Crippen LogP contribution in [0.5, 0.6) is 0 Å². The molecule has 7 heteroatoms. The number of hydrogen-bond donors (Lipinski definition) is 1. The van der Waals surface area contributed by atoms with Crippen molar-refractivity contribution in [3.05, 3.63) is 32.8 Å². The molecule has 106 valence electrons. The van der Waals surface area contributed by atoms with Gasteiger partial charge in [-0.2, -0.15) is 0 Å². The number of halogens is 1. The zero-order valence-corrected chi connectivity index (χ0v) is 12.6. The number of nitro benzene ring substituents is 1. The van der Waals surface area contributed by atoms with Gasteiger partial charge in [-0.3, -0.25) is 10.1 Å². The molecule has 0 saturated heterocycles. The van der Waals surface area contributed by atoms with Gasteiger partial charge in [-0.25, -0.2) is 0 Å². The van der Waals surface area contributed by atoms with Gasteiger partial charge in [0.2, 0.25) is 0 Å². The lowest BCUT2D eigenvalue weighted by Crippen LogP contribution is -2.20. The molecular formula is C12H18BrN3O3. The lowest BCUT2D eigenvalue weighted by molar-refractivity contribution is -0.384. The molecule has 0 atom stereocenters. The van der Waals surface area contributed by atoms with Crippen molar-refractivity contribution >= 4 is 27.3 Å². The van der Waals surface area contributed by atoms with Crippen molar-refractivity contribution in [1.82, 2.24) is 4.90 Å². The first-order valence-electron chi connectivity index (χ1n) is 5.91. The number of benzene rings is 1. The Morgan fingerprint density at radius 2 is 2.16 bits per heavy atom. The average molecular weight is 332 g/mol. The van der Waals surface area contributed by atoms with E-state index in [1.165, 1.54) is 6.07 Å². The summed E-state index contributed by atoms with van der Waals surface area (Å²) in [6.45, 7) is 2.55. The Kier molecular flexibility index (Phi) is 6.75. The minimum Gasteiger partial charge on any atom is -0.378 e. The van der Waals surface area contributed by atoms with Crippen molar-refractivity contribution in [1.29, 1.82) is 0 Å². The van der Waals surface area contributed by atoms with Crippen LogP contribution in [-0.2, 0) is 4.74 Å². The Morgan fingerprint density at radius 3 is 2.79 bits per heavy atom. The molecule has 1 N–H and O–H groups in total. The van der Waals surface area contributed by atoms with E-state index in [2.05, 4.69) is 21.2 Å². The zero-order chi connectivity index (χ0) is 14.3. The number of nitro groups is 1. The van der Waals surface area contributed by atoms with E-state index in [-0.39, 0.29) is 5.69 Å². The van der Waals surface area contributed by atoms with Gasteiger partial charge in [0, 0.05) is 23.6 Å². The summed E-state index contributed by atoms with van der Waals surface area (Å²) in [7, 11) is 3.96. The van der Waals surface area contributed by atoms with Crippen molar-refractivity contribution in [2.24, 2.45) is 0 Å². The second kappa shape index (κ2) is 8.08. The van der Waals surface area contributed by atoms with Crippen LogP contribution in [0.1, 0.15) is 0 Å². The summed E-state index contributed by atoms with van der Waals surface area (Å²) in [5, 5.41) is 13.9. The molecule has 0 amide bonds. The van der Waals surface area contributed by atoms with Gasteiger partial charge in [0.1, 0.15) is 5.69 Å². The molecule has 0 spiro atoms. The third kappa shape index (κ3) is 6.00. The molecule has 0 radical (unpaired) electrons. The van der Waals surface area contributed by atoms with Gasteiger partial charge in [0.15, 0.2) is 0 Å². The Hall–Kier alpha value is -1.18. The fraction of sp³-hybridized carbons (Fsp3) is 0.500. The normalized spacial score (nSPS) is 10.7. The van der Waals surface area contributed by atoms with Crippen LogP contribution in [0.25, 0.3) is 0 Å². The van der Waals surface area contributed by atoms with E-state index in [4.69, 9.17) is 4.74 Å². The number of rotatable bonds is 8. The molecule has 1 aromatic carbocycles. The molecular weight excluding hydrogens is 314 g/mol. The number of hydrogen-bond acceptors (Lipinski definition) is 5. The first-order chi connectivity index (χ1) is 9.00. The van der Waals surface area contributed by atoms with Gasteiger partial charge in [0.25, 0.3) is 5.69 Å². The summed E-state index contributed by atoms with van der Waals surface area (Å²) in [5.41, 5.74) is 0.562. The number of likely N-dealkylation sites (N-methyl/N-ethyl adjacent to an activating group) is 1. The van der Waals surface area contributed by atoms with Gasteiger partial charge >= 0.3 is 0 Å². The monoisotopic (exact) mass is 331 g/mol. The van der Waals surface area contributed by atoms with Crippen LogP contribution in [0, 0.1) is 10.1 Å². The van der Waals surface area contributed by atoms with Gasteiger partial charge in [-0.05, 0) is 26.2 Å². The van der Waals surface area contributed by atoms with Crippen LogP contribution in [0.4, 0.5) is 11.4 Å². The highest BCUT2D eigenvalue weighted by atomic mass is 79.9. The minimum atomic E-state index is -0.401. The van der Waals surface area contributed by atoms with Gasteiger partial charge in [-0.15, -0.1) is 0 Å². The van der Waals surface area contributed by atoms with Crippen LogP contribution < -0.4 is 5.32 Å². The molecule has 0 unspecified atom stereocenters. The van der Waals surface area contributed by atoms with Crippen LogP contribution in [0.15, 0.2) is 22.7 Å². The van der Waals surface area contributed by atoms with Crippen molar-refractivity contribution in [3.63, 3.8) is 0 Å². The largest absolute Gasteiger partial charge is 0.378 e. The second-order valence-electron chi connectivity index (χ2n) is 4.26. The number of nitrogens with one attached hydrogen (secondary N) is 1. The second-order valence-corrected chi connectivity index (χ2v) is 5.18. The lowest BCUT2D eigenvalue weighted by Gasteiger charge is -2.11. The van der Waals surface area contributed by atoms with E-state index in [9.17, 15) is 10.1 Å². The van der Waals surface area contributed by atoms with Gasteiger partial charge < -0.3 is 15.0 Å². The quantitative estimate of drug-likeness (QED) is 0.450. The lowest BCUT2D eigenvalue weighted by atomic mass is 10.2.